The van der Waals surface area contributed by atoms with E-state index in [1.165, 1.54) is 0 Å². The van der Waals surface area contributed by atoms with Crippen LogP contribution in [0.4, 0.5) is 0 Å². The Morgan fingerprint density at radius 2 is 2.00 bits per heavy atom. The highest BCUT2D eigenvalue weighted by atomic mass is 16.6. The van der Waals surface area contributed by atoms with Crippen LogP contribution in [0.1, 0.15) is 37.2 Å². The van der Waals surface area contributed by atoms with E-state index in [4.69, 9.17) is 4.74 Å². The van der Waals surface area contributed by atoms with Crippen molar-refractivity contribution in [2.24, 2.45) is 5.92 Å². The van der Waals surface area contributed by atoms with Crippen LogP contribution in [0.25, 0.3) is 0 Å². The number of nitrogens with zero attached hydrogens (tertiary/aromatic N) is 1. The van der Waals surface area contributed by atoms with Gasteiger partial charge in [0.1, 0.15) is 5.75 Å². The van der Waals surface area contributed by atoms with Gasteiger partial charge < -0.3 is 9.84 Å². The molecule has 1 N–H and O–H groups in total. The molecule has 1 saturated carbocycles. The molecule has 0 bridgehead atoms. The number of aliphatic hydroxyl groups excluding tert-OH is 1. The second-order valence-corrected chi connectivity index (χ2v) is 5.41. The van der Waals surface area contributed by atoms with Crippen molar-refractivity contribution in [3.05, 3.63) is 39.9 Å². The summed E-state index contributed by atoms with van der Waals surface area (Å²) in [6.07, 6.45) is 3.20. The van der Waals surface area contributed by atoms with E-state index >= 15 is 0 Å². The van der Waals surface area contributed by atoms with Gasteiger partial charge in [-0.25, -0.2) is 0 Å². The van der Waals surface area contributed by atoms with E-state index in [0.29, 0.717) is 0 Å². The lowest BCUT2D eigenvalue weighted by Crippen LogP contribution is -2.33. The Morgan fingerprint density at radius 3 is 2.55 bits per heavy atom. The van der Waals surface area contributed by atoms with Gasteiger partial charge in [-0.15, -0.1) is 0 Å². The minimum Gasteiger partial charge on any atom is -0.497 e. The minimum absolute atomic E-state index is 0.0254. The number of methoxy groups -OCH3 is 1. The molecule has 5 heteroatoms. The fourth-order valence-corrected chi connectivity index (χ4v) is 3.11. The largest absolute Gasteiger partial charge is 0.497 e. The van der Waals surface area contributed by atoms with Crippen molar-refractivity contribution in [3.63, 3.8) is 0 Å². The van der Waals surface area contributed by atoms with Crippen LogP contribution in [0.5, 0.6) is 5.75 Å². The molecule has 1 aliphatic carbocycles. The van der Waals surface area contributed by atoms with Gasteiger partial charge in [-0.3, -0.25) is 10.1 Å². The van der Waals surface area contributed by atoms with E-state index in [-0.39, 0.29) is 23.3 Å². The zero-order chi connectivity index (χ0) is 14.5. The maximum atomic E-state index is 11.0. The van der Waals surface area contributed by atoms with Crippen LogP contribution in [-0.2, 0) is 0 Å². The lowest BCUT2D eigenvalue weighted by molar-refractivity contribution is -0.485. The highest BCUT2D eigenvalue weighted by Crippen LogP contribution is 2.37. The van der Waals surface area contributed by atoms with Crippen molar-refractivity contribution < 1.29 is 14.8 Å². The molecule has 110 valence electrons. The van der Waals surface area contributed by atoms with Crippen LogP contribution < -0.4 is 4.74 Å². The Balaban J connectivity index is 2.23. The Morgan fingerprint density at radius 1 is 1.35 bits per heavy atom. The SMILES string of the molecule is COc1ccc([C@H](C[N+](=O)[O-])[C@@H]2CCCCC2O)cc1. The fourth-order valence-electron chi connectivity index (χ4n) is 3.11. The summed E-state index contributed by atoms with van der Waals surface area (Å²) in [6, 6.07) is 7.37. The summed E-state index contributed by atoms with van der Waals surface area (Å²) in [5, 5.41) is 21.1. The summed E-state index contributed by atoms with van der Waals surface area (Å²) < 4.78 is 5.11. The molecule has 0 spiro atoms. The van der Waals surface area contributed by atoms with E-state index in [0.717, 1.165) is 37.0 Å². The molecule has 0 radical (unpaired) electrons. The molecule has 0 aliphatic heterocycles. The summed E-state index contributed by atoms with van der Waals surface area (Å²) in [7, 11) is 1.59. The standard InChI is InChI=1S/C15H21NO4/c1-20-12-8-6-11(7-9-12)14(10-16(18)19)13-4-2-3-5-15(13)17/h6-9,13-15,17H,2-5,10H2,1H3/t13-,14-,15?/m0/s1. The first-order valence-electron chi connectivity index (χ1n) is 7.05. The Bertz CT molecular complexity index is 446. The molecule has 1 unspecified atom stereocenters. The second-order valence-electron chi connectivity index (χ2n) is 5.41. The molecule has 0 aromatic heterocycles. The first-order chi connectivity index (χ1) is 9.61. The van der Waals surface area contributed by atoms with Gasteiger partial charge in [-0.05, 0) is 36.5 Å². The Kier molecular flexibility index (Phi) is 4.95. The molecule has 2 rings (SSSR count). The lowest BCUT2D eigenvalue weighted by Gasteiger charge is -2.32. The third kappa shape index (κ3) is 3.48. The number of nitro groups is 1. The molecule has 1 aliphatic rings. The molecule has 3 atom stereocenters. The topological polar surface area (TPSA) is 72.6 Å². The van der Waals surface area contributed by atoms with Crippen molar-refractivity contribution in [3.8, 4) is 5.75 Å². The molecule has 0 heterocycles. The molecule has 1 aromatic carbocycles. The van der Waals surface area contributed by atoms with E-state index in [1.807, 2.05) is 24.3 Å². The third-order valence-corrected chi connectivity index (χ3v) is 4.19. The highest BCUT2D eigenvalue weighted by Gasteiger charge is 2.34. The fraction of sp³-hybridized carbons (Fsp3) is 0.600. The normalized spacial score (nSPS) is 24.1. The van der Waals surface area contributed by atoms with Gasteiger partial charge in [0.15, 0.2) is 0 Å². The van der Waals surface area contributed by atoms with Crippen LogP contribution in [-0.4, -0.2) is 29.8 Å². The number of rotatable bonds is 5. The van der Waals surface area contributed by atoms with Gasteiger partial charge >= 0.3 is 0 Å². The van der Waals surface area contributed by atoms with Crippen molar-refractivity contribution in [2.45, 2.75) is 37.7 Å². The van der Waals surface area contributed by atoms with E-state index < -0.39 is 6.10 Å². The van der Waals surface area contributed by atoms with Crippen LogP contribution >= 0.6 is 0 Å². The van der Waals surface area contributed by atoms with E-state index in [1.54, 1.807) is 7.11 Å². The molecule has 20 heavy (non-hydrogen) atoms. The predicted octanol–water partition coefficient (Wildman–Crippen LogP) is 2.61. The summed E-state index contributed by atoms with van der Waals surface area (Å²) in [5.74, 6) is 0.478. The molecule has 5 nitrogen and oxygen atoms in total. The smallest absolute Gasteiger partial charge is 0.211 e. The van der Waals surface area contributed by atoms with Crippen LogP contribution in [0.3, 0.4) is 0 Å². The zero-order valence-electron chi connectivity index (χ0n) is 11.7. The van der Waals surface area contributed by atoms with Crippen molar-refractivity contribution >= 4 is 0 Å². The van der Waals surface area contributed by atoms with Gasteiger partial charge in [0.05, 0.1) is 19.1 Å². The molecule has 0 saturated heterocycles. The summed E-state index contributed by atoms with van der Waals surface area (Å²) in [6.45, 7) is -0.131. The number of hydrogen-bond donors (Lipinski definition) is 1. The summed E-state index contributed by atoms with van der Waals surface area (Å²) >= 11 is 0. The van der Waals surface area contributed by atoms with E-state index in [9.17, 15) is 15.2 Å². The predicted molar refractivity (Wildman–Crippen MR) is 75.6 cm³/mol. The summed E-state index contributed by atoms with van der Waals surface area (Å²) in [4.78, 5) is 10.7. The maximum Gasteiger partial charge on any atom is 0.211 e. The zero-order valence-corrected chi connectivity index (χ0v) is 11.7. The maximum absolute atomic E-state index is 11.0. The van der Waals surface area contributed by atoms with Gasteiger partial charge in [0, 0.05) is 4.92 Å². The highest BCUT2D eigenvalue weighted by molar-refractivity contribution is 5.30. The van der Waals surface area contributed by atoms with Crippen LogP contribution in [0.2, 0.25) is 0 Å². The second kappa shape index (κ2) is 6.70. The molecule has 1 aromatic rings. The van der Waals surface area contributed by atoms with Crippen molar-refractivity contribution in [2.75, 3.05) is 13.7 Å². The molecule has 1 fully saturated rings. The number of hydrogen-bond acceptors (Lipinski definition) is 4. The number of benzene rings is 1. The number of aliphatic hydroxyl groups is 1. The molecular weight excluding hydrogens is 258 g/mol. The lowest BCUT2D eigenvalue weighted by atomic mass is 9.75. The Labute approximate surface area is 118 Å². The van der Waals surface area contributed by atoms with Gasteiger partial charge in [-0.2, -0.15) is 0 Å². The van der Waals surface area contributed by atoms with E-state index in [2.05, 4.69) is 0 Å². The van der Waals surface area contributed by atoms with Crippen molar-refractivity contribution in [1.82, 2.24) is 0 Å². The third-order valence-electron chi connectivity index (χ3n) is 4.19. The average molecular weight is 279 g/mol. The Hall–Kier alpha value is -1.62. The van der Waals surface area contributed by atoms with Crippen LogP contribution in [0.15, 0.2) is 24.3 Å². The van der Waals surface area contributed by atoms with Crippen LogP contribution in [0, 0.1) is 16.0 Å². The monoisotopic (exact) mass is 279 g/mol. The van der Waals surface area contributed by atoms with Crippen molar-refractivity contribution in [1.29, 1.82) is 0 Å². The minimum atomic E-state index is -0.434. The summed E-state index contributed by atoms with van der Waals surface area (Å²) in [5.41, 5.74) is 0.911. The van der Waals surface area contributed by atoms with Gasteiger partial charge in [0.25, 0.3) is 0 Å². The first kappa shape index (κ1) is 14.8. The quantitative estimate of drug-likeness (QED) is 0.664. The number of ether oxygens (including phenoxy) is 1. The van der Waals surface area contributed by atoms with Gasteiger partial charge in [-0.1, -0.05) is 25.0 Å². The first-order valence-corrected chi connectivity index (χ1v) is 7.05. The molecule has 0 amide bonds. The average Bonchev–Trinajstić information content (AvgIpc) is 2.46. The molecular formula is C15H21NO4. The van der Waals surface area contributed by atoms with Gasteiger partial charge in [0.2, 0.25) is 6.54 Å².